The number of fused-ring (bicyclic) bond motifs is 4. The molecule has 0 aliphatic carbocycles. The molecule has 0 saturated carbocycles. The zero-order valence-electron chi connectivity index (χ0n) is 11.4. The maximum atomic E-state index is 12.5. The van der Waals surface area contributed by atoms with Crippen molar-refractivity contribution >= 4 is 39.0 Å². The first kappa shape index (κ1) is 13.9. The number of nitrogens with zero attached hydrogens (tertiary/aromatic N) is 2. The lowest BCUT2D eigenvalue weighted by Crippen LogP contribution is -2.59. The van der Waals surface area contributed by atoms with E-state index in [-0.39, 0.29) is 23.1 Å². The number of likely N-dealkylation sites (N-methyl/N-ethyl adjacent to an activating group) is 1. The lowest BCUT2D eigenvalue weighted by atomic mass is 10.0. The van der Waals surface area contributed by atoms with Crippen LogP contribution in [0.3, 0.4) is 0 Å². The third-order valence-electron chi connectivity index (χ3n) is 3.66. The Morgan fingerprint density at radius 2 is 2.06 bits per heavy atom. The molecule has 3 aliphatic heterocycles. The standard InChI is InChI=1S/C12H19N2O2S2/c1-7(2)14-8(3)9(15)6-12(4)13(5)10(16)11(14)17-18-12/h7,11H,6H2,1-5H3/q+1. The fraction of sp³-hybridized carbons (Fsp3) is 0.750. The molecule has 1 fully saturated rings. The first-order chi connectivity index (χ1) is 8.28. The lowest BCUT2D eigenvalue weighted by Gasteiger charge is -2.43. The zero-order valence-corrected chi connectivity index (χ0v) is 13.0. The third-order valence-corrected chi connectivity index (χ3v) is 7.06. The Kier molecular flexibility index (Phi) is 3.53. The number of amides is 1. The van der Waals surface area contributed by atoms with E-state index in [1.165, 1.54) is 0 Å². The van der Waals surface area contributed by atoms with Crippen LogP contribution in [0.1, 0.15) is 34.1 Å². The van der Waals surface area contributed by atoms with Crippen molar-refractivity contribution in [2.24, 2.45) is 0 Å². The van der Waals surface area contributed by atoms with Gasteiger partial charge in [0.25, 0.3) is 5.37 Å². The van der Waals surface area contributed by atoms with E-state index < -0.39 is 4.87 Å². The van der Waals surface area contributed by atoms with Gasteiger partial charge in [0.05, 0.1) is 6.42 Å². The molecule has 0 spiro atoms. The van der Waals surface area contributed by atoms with Crippen molar-refractivity contribution in [1.82, 2.24) is 4.90 Å². The highest BCUT2D eigenvalue weighted by atomic mass is 33.1. The predicted molar refractivity (Wildman–Crippen MR) is 75.8 cm³/mol. The van der Waals surface area contributed by atoms with Crippen molar-refractivity contribution < 1.29 is 14.2 Å². The van der Waals surface area contributed by atoms with Crippen molar-refractivity contribution in [2.45, 2.75) is 50.4 Å². The molecule has 0 aromatic carbocycles. The number of rotatable bonds is 1. The molecule has 0 aromatic rings. The summed E-state index contributed by atoms with van der Waals surface area (Å²) in [5.41, 5.74) is 0.718. The number of Topliss-reactive ketones (excluding diaryl/α,β-unsaturated/α-hetero) is 1. The van der Waals surface area contributed by atoms with E-state index in [0.29, 0.717) is 6.42 Å². The molecule has 3 heterocycles. The van der Waals surface area contributed by atoms with Gasteiger partial charge in [-0.1, -0.05) is 10.8 Å². The van der Waals surface area contributed by atoms with Crippen LogP contribution in [0, 0.1) is 0 Å². The van der Waals surface area contributed by atoms with Crippen molar-refractivity contribution in [3.63, 3.8) is 0 Å². The summed E-state index contributed by atoms with van der Waals surface area (Å²) in [4.78, 5) is 26.1. The fourth-order valence-electron chi connectivity index (χ4n) is 2.36. The smallest absolute Gasteiger partial charge is 0.304 e. The van der Waals surface area contributed by atoms with E-state index in [0.717, 1.165) is 5.71 Å². The Morgan fingerprint density at radius 3 is 2.61 bits per heavy atom. The number of hydrogen-bond donors (Lipinski definition) is 0. The topological polar surface area (TPSA) is 40.4 Å². The van der Waals surface area contributed by atoms with Crippen LogP contribution in [-0.4, -0.2) is 50.2 Å². The highest BCUT2D eigenvalue weighted by Gasteiger charge is 2.52. The van der Waals surface area contributed by atoms with Gasteiger partial charge in [0.15, 0.2) is 0 Å². The minimum absolute atomic E-state index is 0.0989. The maximum absolute atomic E-state index is 12.5. The summed E-state index contributed by atoms with van der Waals surface area (Å²) in [7, 11) is 5.01. The van der Waals surface area contributed by atoms with E-state index in [9.17, 15) is 9.59 Å². The monoisotopic (exact) mass is 287 g/mol. The molecule has 4 nitrogen and oxygen atoms in total. The quantitative estimate of drug-likeness (QED) is 0.544. The summed E-state index contributed by atoms with van der Waals surface area (Å²) in [6, 6.07) is 0.145. The molecule has 100 valence electrons. The zero-order chi connectivity index (χ0) is 13.7. The molecule has 3 rings (SSSR count). The van der Waals surface area contributed by atoms with Gasteiger partial charge in [0.2, 0.25) is 11.5 Å². The second-order valence-corrected chi connectivity index (χ2v) is 8.05. The summed E-state index contributed by atoms with van der Waals surface area (Å²) in [5, 5.41) is -0.280. The van der Waals surface area contributed by atoms with Crippen LogP contribution >= 0.6 is 21.6 Å². The minimum Gasteiger partial charge on any atom is -0.323 e. The average Bonchev–Trinajstić information content (AvgIpc) is 2.28. The molecule has 6 heteroatoms. The Hall–Kier alpha value is -0.490. The number of ketones is 1. The highest BCUT2D eigenvalue weighted by molar-refractivity contribution is 8.77. The molecule has 18 heavy (non-hydrogen) atoms. The predicted octanol–water partition coefficient (Wildman–Crippen LogP) is 1.74. The molecule has 1 amide bonds. The summed E-state index contributed by atoms with van der Waals surface area (Å²) in [5.74, 6) is 0.241. The lowest BCUT2D eigenvalue weighted by molar-refractivity contribution is -0.560. The van der Waals surface area contributed by atoms with E-state index in [2.05, 4.69) is 0 Å². The molecule has 2 atom stereocenters. The van der Waals surface area contributed by atoms with Crippen LogP contribution in [-0.2, 0) is 9.59 Å². The molecule has 0 N–H and O–H groups in total. The Morgan fingerprint density at radius 1 is 1.44 bits per heavy atom. The van der Waals surface area contributed by atoms with Crippen LogP contribution in [0.15, 0.2) is 0 Å². The van der Waals surface area contributed by atoms with Gasteiger partial charge in [-0.2, -0.15) is 0 Å². The second kappa shape index (κ2) is 4.56. The van der Waals surface area contributed by atoms with E-state index >= 15 is 0 Å². The summed E-state index contributed by atoms with van der Waals surface area (Å²) < 4.78 is 1.96. The minimum atomic E-state index is -0.417. The van der Waals surface area contributed by atoms with Gasteiger partial charge in [0.1, 0.15) is 10.9 Å². The van der Waals surface area contributed by atoms with Crippen molar-refractivity contribution in [3.05, 3.63) is 0 Å². The van der Waals surface area contributed by atoms with Crippen LogP contribution in [0.25, 0.3) is 0 Å². The van der Waals surface area contributed by atoms with Crippen molar-refractivity contribution in [1.29, 1.82) is 0 Å². The average molecular weight is 287 g/mol. The molecule has 0 radical (unpaired) electrons. The first-order valence-electron chi connectivity index (χ1n) is 6.05. The Balaban J connectivity index is 2.58. The van der Waals surface area contributed by atoms with Gasteiger partial charge in [-0.25, -0.2) is 4.58 Å². The third kappa shape index (κ3) is 1.99. The van der Waals surface area contributed by atoms with Crippen LogP contribution in [0.5, 0.6) is 0 Å². The maximum Gasteiger partial charge on any atom is 0.304 e. The molecule has 3 aliphatic rings. The van der Waals surface area contributed by atoms with Gasteiger partial charge >= 0.3 is 5.91 Å². The normalized spacial score (nSPS) is 33.2. The molecule has 2 bridgehead atoms. The van der Waals surface area contributed by atoms with Crippen molar-refractivity contribution in [2.75, 3.05) is 7.05 Å². The van der Waals surface area contributed by atoms with Crippen LogP contribution in [0.2, 0.25) is 0 Å². The Bertz CT molecular complexity index is 447. The van der Waals surface area contributed by atoms with E-state index in [4.69, 9.17) is 0 Å². The molecular weight excluding hydrogens is 268 g/mol. The van der Waals surface area contributed by atoms with Gasteiger partial charge in [-0.05, 0) is 31.6 Å². The van der Waals surface area contributed by atoms with E-state index in [1.54, 1.807) is 33.5 Å². The van der Waals surface area contributed by atoms with Crippen molar-refractivity contribution in [3.8, 4) is 0 Å². The van der Waals surface area contributed by atoms with Crippen LogP contribution < -0.4 is 0 Å². The number of hydrogen-bond acceptors (Lipinski definition) is 4. The summed E-state index contributed by atoms with van der Waals surface area (Å²) >= 11 is 0. The number of carbonyl (C=O) groups excluding carboxylic acids is 2. The van der Waals surface area contributed by atoms with Gasteiger partial charge in [-0.15, -0.1) is 0 Å². The van der Waals surface area contributed by atoms with E-state index in [1.807, 2.05) is 32.3 Å². The molecular formula is C12H19N2O2S2+. The largest absolute Gasteiger partial charge is 0.323 e. The summed E-state index contributed by atoms with van der Waals surface area (Å²) in [6.45, 7) is 7.84. The SMILES string of the molecule is CC1=[N+](C(C)C)C2SSC(C)(CC1=O)N(C)C2=O. The number of carbonyl (C=O) groups is 2. The van der Waals surface area contributed by atoms with Gasteiger partial charge < -0.3 is 4.90 Å². The fourth-order valence-corrected chi connectivity index (χ4v) is 5.72. The summed E-state index contributed by atoms with van der Waals surface area (Å²) in [6.07, 6.45) is 0.384. The van der Waals surface area contributed by atoms with Gasteiger partial charge in [-0.3, -0.25) is 9.59 Å². The highest BCUT2D eigenvalue weighted by Crippen LogP contribution is 2.49. The van der Waals surface area contributed by atoms with Gasteiger partial charge in [0, 0.05) is 14.0 Å². The molecule has 0 aromatic heterocycles. The Labute approximate surface area is 116 Å². The second-order valence-electron chi connectivity index (χ2n) is 5.29. The molecule has 1 saturated heterocycles. The molecule has 2 unspecified atom stereocenters. The van der Waals surface area contributed by atoms with Crippen LogP contribution in [0.4, 0.5) is 0 Å². The first-order valence-corrected chi connectivity index (χ1v) is 8.26.